The van der Waals surface area contributed by atoms with Crippen LogP contribution in [-0.2, 0) is 9.47 Å². The predicted molar refractivity (Wildman–Crippen MR) is 89.4 cm³/mol. The molecule has 4 nitrogen and oxygen atoms in total. The van der Waals surface area contributed by atoms with Crippen molar-refractivity contribution in [1.29, 1.82) is 0 Å². The Labute approximate surface area is 142 Å². The number of nitrogens with zero attached hydrogens (tertiary/aromatic N) is 1. The Hall–Kier alpha value is -1.46. The second kappa shape index (κ2) is 7.19. The number of benzene rings is 1. The van der Waals surface area contributed by atoms with Crippen LogP contribution in [-0.4, -0.2) is 48.8 Å². The van der Waals surface area contributed by atoms with E-state index in [0.29, 0.717) is 37.8 Å². The zero-order valence-corrected chi connectivity index (χ0v) is 14.5. The van der Waals surface area contributed by atoms with E-state index in [2.05, 4.69) is 0 Å². The SMILES string of the molecule is CC(C)OC[C@H]1CCC[C@]12CN(C(=O)c1ccc(F)cc1)CCO2. The third kappa shape index (κ3) is 3.62. The van der Waals surface area contributed by atoms with Crippen LogP contribution in [0.5, 0.6) is 0 Å². The Morgan fingerprint density at radius 1 is 1.42 bits per heavy atom. The molecule has 2 fully saturated rings. The topological polar surface area (TPSA) is 38.8 Å². The molecule has 1 saturated heterocycles. The Kier molecular flexibility index (Phi) is 5.21. The molecule has 5 heteroatoms. The standard InChI is InChI=1S/C19H26FNO3/c1-14(2)23-12-16-4-3-9-19(16)13-21(10-11-24-19)18(22)15-5-7-17(20)8-6-15/h5-8,14,16H,3-4,9-13H2,1-2H3/t16-,19+/m1/s1. The van der Waals surface area contributed by atoms with Crippen molar-refractivity contribution >= 4 is 5.91 Å². The molecule has 1 saturated carbocycles. The largest absolute Gasteiger partial charge is 0.378 e. The highest BCUT2D eigenvalue weighted by Gasteiger charge is 2.48. The van der Waals surface area contributed by atoms with Crippen molar-refractivity contribution in [3.8, 4) is 0 Å². The molecule has 1 amide bonds. The molecule has 2 atom stereocenters. The highest BCUT2D eigenvalue weighted by atomic mass is 19.1. The summed E-state index contributed by atoms with van der Waals surface area (Å²) in [6.07, 6.45) is 3.34. The van der Waals surface area contributed by atoms with Crippen molar-refractivity contribution < 1.29 is 18.7 Å². The number of carbonyl (C=O) groups excluding carboxylic acids is 1. The van der Waals surface area contributed by atoms with E-state index < -0.39 is 0 Å². The van der Waals surface area contributed by atoms with Gasteiger partial charge < -0.3 is 14.4 Å². The van der Waals surface area contributed by atoms with Crippen molar-refractivity contribution in [2.24, 2.45) is 5.92 Å². The van der Waals surface area contributed by atoms with E-state index in [0.717, 1.165) is 19.3 Å². The summed E-state index contributed by atoms with van der Waals surface area (Å²) in [7, 11) is 0. The molecule has 0 aromatic heterocycles. The van der Waals surface area contributed by atoms with Gasteiger partial charge in [0, 0.05) is 18.0 Å². The van der Waals surface area contributed by atoms with E-state index in [4.69, 9.17) is 9.47 Å². The maximum absolute atomic E-state index is 13.1. The lowest BCUT2D eigenvalue weighted by atomic mass is 9.89. The Morgan fingerprint density at radius 2 is 2.17 bits per heavy atom. The highest BCUT2D eigenvalue weighted by Crippen LogP contribution is 2.41. The maximum Gasteiger partial charge on any atom is 0.254 e. The quantitative estimate of drug-likeness (QED) is 0.848. The predicted octanol–water partition coefficient (Wildman–Crippen LogP) is 3.26. The van der Waals surface area contributed by atoms with Crippen molar-refractivity contribution in [2.75, 3.05) is 26.3 Å². The third-order valence-corrected chi connectivity index (χ3v) is 5.11. The minimum absolute atomic E-state index is 0.0481. The Morgan fingerprint density at radius 3 is 2.88 bits per heavy atom. The fourth-order valence-corrected chi connectivity index (χ4v) is 3.81. The lowest BCUT2D eigenvalue weighted by molar-refractivity contribution is -0.136. The van der Waals surface area contributed by atoms with Crippen LogP contribution in [0.2, 0.25) is 0 Å². The molecule has 0 N–H and O–H groups in total. The lowest BCUT2D eigenvalue weighted by Crippen LogP contribution is -2.56. The second-order valence-electron chi connectivity index (χ2n) is 7.12. The van der Waals surface area contributed by atoms with E-state index >= 15 is 0 Å². The molecule has 1 spiro atoms. The fraction of sp³-hybridized carbons (Fsp3) is 0.632. The van der Waals surface area contributed by atoms with Crippen molar-refractivity contribution in [1.82, 2.24) is 4.90 Å². The normalized spacial score (nSPS) is 27.2. The first-order chi connectivity index (χ1) is 11.5. The van der Waals surface area contributed by atoms with Gasteiger partial charge in [-0.05, 0) is 51.0 Å². The first-order valence-electron chi connectivity index (χ1n) is 8.80. The smallest absolute Gasteiger partial charge is 0.254 e. The molecule has 1 heterocycles. The summed E-state index contributed by atoms with van der Waals surface area (Å²) < 4.78 is 25.1. The number of ether oxygens (including phenoxy) is 2. The minimum atomic E-state index is -0.327. The number of amides is 1. The van der Waals surface area contributed by atoms with Gasteiger partial charge in [0.2, 0.25) is 0 Å². The molecule has 1 aromatic carbocycles. The summed E-state index contributed by atoms with van der Waals surface area (Å²) >= 11 is 0. The third-order valence-electron chi connectivity index (χ3n) is 5.11. The molecule has 1 aromatic rings. The molecule has 1 aliphatic heterocycles. The molecule has 2 aliphatic rings. The van der Waals surface area contributed by atoms with E-state index in [1.165, 1.54) is 12.1 Å². The van der Waals surface area contributed by atoms with Gasteiger partial charge in [-0.3, -0.25) is 4.79 Å². The first-order valence-corrected chi connectivity index (χ1v) is 8.80. The summed E-state index contributed by atoms with van der Waals surface area (Å²) in [4.78, 5) is 14.6. The molecule has 24 heavy (non-hydrogen) atoms. The van der Waals surface area contributed by atoms with Crippen LogP contribution in [0.1, 0.15) is 43.5 Å². The Balaban J connectivity index is 1.71. The number of hydrogen-bond acceptors (Lipinski definition) is 3. The van der Waals surface area contributed by atoms with Crippen LogP contribution in [0, 0.1) is 11.7 Å². The monoisotopic (exact) mass is 335 g/mol. The zero-order valence-electron chi connectivity index (χ0n) is 14.5. The highest BCUT2D eigenvalue weighted by molar-refractivity contribution is 5.94. The second-order valence-corrected chi connectivity index (χ2v) is 7.12. The molecular weight excluding hydrogens is 309 g/mol. The van der Waals surface area contributed by atoms with Crippen LogP contribution < -0.4 is 0 Å². The number of carbonyl (C=O) groups is 1. The van der Waals surface area contributed by atoms with Gasteiger partial charge in [0.05, 0.1) is 31.5 Å². The molecule has 3 rings (SSSR count). The maximum atomic E-state index is 13.1. The average Bonchev–Trinajstić information content (AvgIpc) is 2.95. The van der Waals surface area contributed by atoms with E-state index in [1.807, 2.05) is 18.7 Å². The minimum Gasteiger partial charge on any atom is -0.378 e. The summed E-state index contributed by atoms with van der Waals surface area (Å²) in [6.45, 7) is 6.47. The fourth-order valence-electron chi connectivity index (χ4n) is 3.81. The van der Waals surface area contributed by atoms with Crippen LogP contribution >= 0.6 is 0 Å². The van der Waals surface area contributed by atoms with Crippen molar-refractivity contribution in [3.05, 3.63) is 35.6 Å². The summed E-state index contributed by atoms with van der Waals surface area (Å²) in [6, 6.07) is 5.76. The van der Waals surface area contributed by atoms with Gasteiger partial charge >= 0.3 is 0 Å². The lowest BCUT2D eigenvalue weighted by Gasteiger charge is -2.44. The molecule has 0 unspecified atom stereocenters. The zero-order chi connectivity index (χ0) is 17.2. The van der Waals surface area contributed by atoms with Crippen LogP contribution in [0.25, 0.3) is 0 Å². The van der Waals surface area contributed by atoms with E-state index in [-0.39, 0.29) is 23.4 Å². The van der Waals surface area contributed by atoms with Crippen LogP contribution in [0.3, 0.4) is 0 Å². The van der Waals surface area contributed by atoms with Gasteiger partial charge in [0.25, 0.3) is 5.91 Å². The number of halogens is 1. The first kappa shape index (κ1) is 17.4. The van der Waals surface area contributed by atoms with Crippen molar-refractivity contribution in [3.63, 3.8) is 0 Å². The average molecular weight is 335 g/mol. The van der Waals surface area contributed by atoms with Gasteiger partial charge in [0.15, 0.2) is 0 Å². The molecule has 0 radical (unpaired) electrons. The number of morpholine rings is 1. The molecule has 0 bridgehead atoms. The number of rotatable bonds is 4. The molecular formula is C19H26FNO3. The van der Waals surface area contributed by atoms with Gasteiger partial charge in [-0.25, -0.2) is 4.39 Å². The summed E-state index contributed by atoms with van der Waals surface area (Å²) in [5.74, 6) is -0.0523. The van der Waals surface area contributed by atoms with Gasteiger partial charge in [-0.1, -0.05) is 6.42 Å². The van der Waals surface area contributed by atoms with Gasteiger partial charge in [0.1, 0.15) is 5.82 Å². The van der Waals surface area contributed by atoms with E-state index in [9.17, 15) is 9.18 Å². The summed E-state index contributed by atoms with van der Waals surface area (Å²) in [5.41, 5.74) is 0.240. The number of hydrogen-bond donors (Lipinski definition) is 0. The van der Waals surface area contributed by atoms with Gasteiger partial charge in [-0.15, -0.1) is 0 Å². The van der Waals surface area contributed by atoms with Crippen molar-refractivity contribution in [2.45, 2.75) is 44.8 Å². The van der Waals surface area contributed by atoms with Crippen LogP contribution in [0.4, 0.5) is 4.39 Å². The van der Waals surface area contributed by atoms with E-state index in [1.54, 1.807) is 12.1 Å². The summed E-state index contributed by atoms with van der Waals surface area (Å²) in [5, 5.41) is 0. The molecule has 1 aliphatic carbocycles. The Bertz CT molecular complexity index is 574. The van der Waals surface area contributed by atoms with Crippen LogP contribution in [0.15, 0.2) is 24.3 Å². The van der Waals surface area contributed by atoms with Gasteiger partial charge in [-0.2, -0.15) is 0 Å². The molecule has 132 valence electrons.